The molecule has 0 aliphatic heterocycles. The first kappa shape index (κ1) is 31.6. The van der Waals surface area contributed by atoms with E-state index in [0.717, 1.165) is 50.1 Å². The lowest BCUT2D eigenvalue weighted by Crippen LogP contribution is -2.10. The second kappa shape index (κ2) is 12.9. The molecule has 55 heavy (non-hydrogen) atoms. The average molecular weight is 720 g/mol. The number of benzene rings is 9. The zero-order valence-electron chi connectivity index (χ0n) is 29.8. The Labute approximate surface area is 322 Å². The van der Waals surface area contributed by atoms with Gasteiger partial charge in [-0.2, -0.15) is 0 Å². The molecule has 0 spiro atoms. The fourth-order valence-corrected chi connectivity index (χ4v) is 9.34. The molecule has 2 aromatic heterocycles. The van der Waals surface area contributed by atoms with Crippen molar-refractivity contribution in [2.24, 2.45) is 0 Å². The van der Waals surface area contributed by atoms with Gasteiger partial charge in [0.1, 0.15) is 11.2 Å². The van der Waals surface area contributed by atoms with E-state index in [9.17, 15) is 0 Å². The van der Waals surface area contributed by atoms with Crippen LogP contribution in [0.15, 0.2) is 205 Å². The minimum atomic E-state index is 0.896. The minimum Gasteiger partial charge on any atom is -0.456 e. The molecule has 0 radical (unpaired) electrons. The predicted octanol–water partition coefficient (Wildman–Crippen LogP) is 15.6. The third-order valence-corrected chi connectivity index (χ3v) is 12.0. The minimum absolute atomic E-state index is 0.896. The highest BCUT2D eigenvalue weighted by Gasteiger charge is 2.18. The molecule has 2 heterocycles. The van der Waals surface area contributed by atoms with Crippen LogP contribution >= 0.6 is 11.3 Å². The normalized spacial score (nSPS) is 11.6. The lowest BCUT2D eigenvalue weighted by molar-refractivity contribution is 0.669. The van der Waals surface area contributed by atoms with Crippen molar-refractivity contribution >= 4 is 81.3 Å². The molecule has 0 fully saturated rings. The number of fused-ring (bicyclic) bond motifs is 7. The van der Waals surface area contributed by atoms with Crippen LogP contribution in [0.4, 0.5) is 17.1 Å². The highest BCUT2D eigenvalue weighted by molar-refractivity contribution is 7.25. The lowest BCUT2D eigenvalue weighted by Gasteiger charge is -2.27. The topological polar surface area (TPSA) is 16.4 Å². The van der Waals surface area contributed by atoms with Gasteiger partial charge in [-0.05, 0) is 111 Å². The summed E-state index contributed by atoms with van der Waals surface area (Å²) >= 11 is 1.86. The van der Waals surface area contributed by atoms with Crippen molar-refractivity contribution in [1.82, 2.24) is 0 Å². The second-order valence-corrected chi connectivity index (χ2v) is 15.2. The molecule has 0 amide bonds. The molecule has 258 valence electrons. The van der Waals surface area contributed by atoms with Gasteiger partial charge in [-0.3, -0.25) is 0 Å². The molecule has 0 atom stereocenters. The number of thiophene rings is 1. The first-order valence-corrected chi connectivity index (χ1v) is 19.5. The lowest BCUT2D eigenvalue weighted by atomic mass is 9.98. The fraction of sp³-hybridized carbons (Fsp3) is 0. The summed E-state index contributed by atoms with van der Waals surface area (Å²) in [5, 5.41) is 7.37. The number of hydrogen-bond donors (Lipinski definition) is 0. The number of furan rings is 1. The molecule has 2 nitrogen and oxygen atoms in total. The molecule has 0 bridgehead atoms. The van der Waals surface area contributed by atoms with Gasteiger partial charge in [0.25, 0.3) is 0 Å². The standard InChI is InChI=1S/C52H33NOS/c1-2-12-35-29-38(26-25-34(35)11-1)36-13-7-16-41(30-36)53(42-17-8-14-37(31-42)39-27-28-46-45-19-4-6-24-50(45)55-51(46)33-39)43-18-9-15-40(32-43)44-21-10-23-49-52(44)47-20-3-5-22-48(47)54-49/h1-33H. The Morgan fingerprint density at radius 3 is 1.71 bits per heavy atom. The predicted molar refractivity (Wildman–Crippen MR) is 235 cm³/mol. The van der Waals surface area contributed by atoms with Gasteiger partial charge >= 0.3 is 0 Å². The van der Waals surface area contributed by atoms with Gasteiger partial charge in [0.15, 0.2) is 0 Å². The van der Waals surface area contributed by atoms with Crippen LogP contribution < -0.4 is 4.90 Å². The van der Waals surface area contributed by atoms with Crippen LogP contribution in [-0.4, -0.2) is 0 Å². The van der Waals surface area contributed by atoms with E-state index in [4.69, 9.17) is 4.42 Å². The Kier molecular flexibility index (Phi) is 7.39. The molecule has 11 aromatic rings. The smallest absolute Gasteiger partial charge is 0.136 e. The summed E-state index contributed by atoms with van der Waals surface area (Å²) in [6.45, 7) is 0. The zero-order chi connectivity index (χ0) is 36.3. The SMILES string of the molecule is c1cc(-c2ccc3ccccc3c2)cc(N(c2cccc(-c3ccc4c(c3)sc3ccccc34)c2)c2cccc(-c3cccc4oc5ccccc5c34)c2)c1. The Morgan fingerprint density at radius 1 is 0.345 bits per heavy atom. The highest BCUT2D eigenvalue weighted by Crippen LogP contribution is 2.43. The number of para-hydroxylation sites is 1. The van der Waals surface area contributed by atoms with E-state index in [-0.39, 0.29) is 0 Å². The monoisotopic (exact) mass is 719 g/mol. The summed E-state index contributed by atoms with van der Waals surface area (Å²) in [5.74, 6) is 0. The van der Waals surface area contributed by atoms with Crippen molar-refractivity contribution in [3.05, 3.63) is 200 Å². The van der Waals surface area contributed by atoms with Crippen LogP contribution in [0.25, 0.3) is 86.3 Å². The Balaban J connectivity index is 1.07. The molecule has 0 saturated heterocycles. The zero-order valence-corrected chi connectivity index (χ0v) is 30.6. The van der Waals surface area contributed by atoms with E-state index >= 15 is 0 Å². The third-order valence-electron chi connectivity index (χ3n) is 10.8. The van der Waals surface area contributed by atoms with Gasteiger partial charge in [0.05, 0.1) is 0 Å². The molecule has 0 aliphatic rings. The van der Waals surface area contributed by atoms with Gasteiger partial charge in [-0.1, -0.05) is 133 Å². The summed E-state index contributed by atoms with van der Waals surface area (Å²) in [7, 11) is 0. The quantitative estimate of drug-likeness (QED) is 0.170. The molecule has 0 aliphatic carbocycles. The van der Waals surface area contributed by atoms with Crippen molar-refractivity contribution in [3.63, 3.8) is 0 Å². The van der Waals surface area contributed by atoms with Crippen molar-refractivity contribution in [2.45, 2.75) is 0 Å². The van der Waals surface area contributed by atoms with Gasteiger partial charge in [-0.25, -0.2) is 0 Å². The summed E-state index contributed by atoms with van der Waals surface area (Å²) in [6.07, 6.45) is 0. The number of anilines is 3. The molecular formula is C52H33NOS. The molecule has 3 heteroatoms. The Bertz CT molecular complexity index is 3240. The summed E-state index contributed by atoms with van der Waals surface area (Å²) < 4.78 is 8.92. The molecule has 0 saturated carbocycles. The maximum Gasteiger partial charge on any atom is 0.136 e. The van der Waals surface area contributed by atoms with E-state index in [2.05, 4.69) is 193 Å². The number of rotatable bonds is 6. The van der Waals surface area contributed by atoms with E-state index in [1.54, 1.807) is 0 Å². The van der Waals surface area contributed by atoms with Crippen molar-refractivity contribution in [1.29, 1.82) is 0 Å². The largest absolute Gasteiger partial charge is 0.456 e. The third kappa shape index (κ3) is 5.48. The van der Waals surface area contributed by atoms with E-state index in [1.807, 2.05) is 23.5 Å². The van der Waals surface area contributed by atoms with Gasteiger partial charge in [-0.15, -0.1) is 11.3 Å². The van der Waals surface area contributed by atoms with Crippen LogP contribution in [0.3, 0.4) is 0 Å². The summed E-state index contributed by atoms with van der Waals surface area (Å²) in [4.78, 5) is 2.39. The average Bonchev–Trinajstić information content (AvgIpc) is 3.82. The number of nitrogens with zero attached hydrogens (tertiary/aromatic N) is 1. The maximum absolute atomic E-state index is 6.30. The van der Waals surface area contributed by atoms with Crippen LogP contribution in [0.1, 0.15) is 0 Å². The molecule has 0 unspecified atom stereocenters. The van der Waals surface area contributed by atoms with E-state index in [1.165, 1.54) is 53.2 Å². The fourth-order valence-electron chi connectivity index (χ4n) is 8.20. The van der Waals surface area contributed by atoms with E-state index in [0.29, 0.717) is 0 Å². The molecular weight excluding hydrogens is 687 g/mol. The van der Waals surface area contributed by atoms with Crippen molar-refractivity contribution in [2.75, 3.05) is 4.90 Å². The van der Waals surface area contributed by atoms with E-state index < -0.39 is 0 Å². The van der Waals surface area contributed by atoms with Crippen LogP contribution in [-0.2, 0) is 0 Å². The van der Waals surface area contributed by atoms with Crippen molar-refractivity contribution in [3.8, 4) is 33.4 Å². The Morgan fingerprint density at radius 2 is 0.909 bits per heavy atom. The molecule has 9 aromatic carbocycles. The van der Waals surface area contributed by atoms with Crippen molar-refractivity contribution < 1.29 is 4.42 Å². The summed E-state index contributed by atoms with van der Waals surface area (Å²) in [5.41, 5.74) is 12.1. The molecule has 0 N–H and O–H groups in total. The van der Waals surface area contributed by atoms with Gasteiger partial charge < -0.3 is 9.32 Å². The maximum atomic E-state index is 6.30. The van der Waals surface area contributed by atoms with Crippen LogP contribution in [0, 0.1) is 0 Å². The Hall–Kier alpha value is -6.94. The highest BCUT2D eigenvalue weighted by atomic mass is 32.1. The summed E-state index contributed by atoms with van der Waals surface area (Å²) in [6, 6.07) is 72.4. The van der Waals surface area contributed by atoms with Gasteiger partial charge in [0, 0.05) is 48.0 Å². The second-order valence-electron chi connectivity index (χ2n) is 14.1. The van der Waals surface area contributed by atoms with Gasteiger partial charge in [0.2, 0.25) is 0 Å². The first-order valence-electron chi connectivity index (χ1n) is 18.7. The number of hydrogen-bond acceptors (Lipinski definition) is 3. The first-order chi connectivity index (χ1) is 27.2. The molecule has 11 rings (SSSR count). The van der Waals surface area contributed by atoms with Crippen LogP contribution in [0.2, 0.25) is 0 Å². The van der Waals surface area contributed by atoms with Crippen LogP contribution in [0.5, 0.6) is 0 Å².